The van der Waals surface area contributed by atoms with Crippen molar-refractivity contribution in [3.63, 3.8) is 0 Å². The molecule has 3 heteroatoms. The topological polar surface area (TPSA) is 41.1 Å². The van der Waals surface area contributed by atoms with E-state index in [1.54, 1.807) is 0 Å². The van der Waals surface area contributed by atoms with Gasteiger partial charge in [-0.3, -0.25) is 10.1 Å². The summed E-state index contributed by atoms with van der Waals surface area (Å²) in [5.41, 5.74) is 5.18. The fourth-order valence-electron chi connectivity index (χ4n) is 2.54. The number of carbonyl (C=O) groups is 1. The quantitative estimate of drug-likeness (QED) is 0.867. The van der Waals surface area contributed by atoms with Crippen LogP contribution in [0.5, 0.6) is 0 Å². The zero-order chi connectivity index (χ0) is 14.9. The molecule has 1 amide bonds. The van der Waals surface area contributed by atoms with E-state index < -0.39 is 0 Å². The van der Waals surface area contributed by atoms with Gasteiger partial charge in [0.15, 0.2) is 0 Å². The monoisotopic (exact) mass is 274 g/mol. The lowest BCUT2D eigenvalue weighted by Crippen LogP contribution is -2.44. The lowest BCUT2D eigenvalue weighted by atomic mass is 9.96. The molecule has 1 aromatic rings. The van der Waals surface area contributed by atoms with E-state index in [0.717, 1.165) is 12.8 Å². The average molecular weight is 274 g/mol. The van der Waals surface area contributed by atoms with Crippen molar-refractivity contribution in [3.05, 3.63) is 34.4 Å². The van der Waals surface area contributed by atoms with Crippen molar-refractivity contribution in [2.45, 2.75) is 65.6 Å². The summed E-state index contributed by atoms with van der Waals surface area (Å²) >= 11 is 0. The Labute approximate surface area is 122 Å². The Morgan fingerprint density at radius 1 is 1.10 bits per heavy atom. The van der Waals surface area contributed by atoms with E-state index in [1.807, 2.05) is 6.92 Å². The summed E-state index contributed by atoms with van der Waals surface area (Å²) in [6.45, 7) is 10.5. The Kier molecular flexibility index (Phi) is 4.48. The van der Waals surface area contributed by atoms with E-state index in [2.05, 4.69) is 50.5 Å². The molecule has 0 spiro atoms. The van der Waals surface area contributed by atoms with Gasteiger partial charge in [0.05, 0.1) is 6.04 Å². The van der Waals surface area contributed by atoms with Gasteiger partial charge < -0.3 is 5.32 Å². The molecule has 1 fully saturated rings. The second kappa shape index (κ2) is 5.96. The Morgan fingerprint density at radius 2 is 1.70 bits per heavy atom. The van der Waals surface area contributed by atoms with E-state index in [1.165, 1.54) is 22.3 Å². The third-order valence-electron chi connectivity index (χ3n) is 4.17. The Hall–Kier alpha value is -1.35. The number of rotatable bonds is 5. The van der Waals surface area contributed by atoms with Gasteiger partial charge in [-0.1, -0.05) is 12.1 Å². The number of hydrogen-bond acceptors (Lipinski definition) is 2. The minimum absolute atomic E-state index is 0.112. The smallest absolute Gasteiger partial charge is 0.237 e. The predicted molar refractivity (Wildman–Crippen MR) is 82.8 cm³/mol. The van der Waals surface area contributed by atoms with Crippen LogP contribution < -0.4 is 10.6 Å². The molecule has 1 aliphatic rings. The Balaban J connectivity index is 2.01. The summed E-state index contributed by atoms with van der Waals surface area (Å²) in [6, 6.07) is 4.89. The second-order valence-corrected chi connectivity index (χ2v) is 6.19. The van der Waals surface area contributed by atoms with Gasteiger partial charge >= 0.3 is 0 Å². The highest BCUT2D eigenvalue weighted by Crippen LogP contribution is 2.22. The van der Waals surface area contributed by atoms with Gasteiger partial charge in [0, 0.05) is 12.1 Å². The Bertz CT molecular complexity index is 506. The van der Waals surface area contributed by atoms with Crippen LogP contribution in [0.3, 0.4) is 0 Å². The maximum absolute atomic E-state index is 12.0. The van der Waals surface area contributed by atoms with Gasteiger partial charge in [-0.05, 0) is 69.7 Å². The molecule has 0 heterocycles. The summed E-state index contributed by atoms with van der Waals surface area (Å²) in [7, 11) is 0. The number of aryl methyl sites for hydroxylation is 3. The molecule has 0 aromatic heterocycles. The third-order valence-corrected chi connectivity index (χ3v) is 4.17. The highest BCUT2D eigenvalue weighted by atomic mass is 16.2. The van der Waals surface area contributed by atoms with E-state index in [9.17, 15) is 4.79 Å². The first kappa shape index (κ1) is 15.0. The van der Waals surface area contributed by atoms with Crippen molar-refractivity contribution in [1.82, 2.24) is 10.6 Å². The number of nitrogens with one attached hydrogen (secondary N) is 2. The molecule has 0 aliphatic heterocycles. The van der Waals surface area contributed by atoms with Crippen LogP contribution in [0.15, 0.2) is 12.1 Å². The van der Waals surface area contributed by atoms with Crippen LogP contribution in [0, 0.1) is 20.8 Å². The Morgan fingerprint density at radius 3 is 2.30 bits per heavy atom. The molecular weight excluding hydrogens is 248 g/mol. The molecule has 20 heavy (non-hydrogen) atoms. The lowest BCUT2D eigenvalue weighted by molar-refractivity contribution is -0.123. The highest BCUT2D eigenvalue weighted by molar-refractivity contribution is 5.81. The fraction of sp³-hybridized carbons (Fsp3) is 0.588. The average Bonchev–Trinajstić information content (AvgIpc) is 3.17. The lowest BCUT2D eigenvalue weighted by Gasteiger charge is -2.22. The molecule has 2 rings (SSSR count). The van der Waals surface area contributed by atoms with Gasteiger partial charge in [0.25, 0.3) is 0 Å². The van der Waals surface area contributed by atoms with Crippen molar-refractivity contribution in [1.29, 1.82) is 0 Å². The van der Waals surface area contributed by atoms with Gasteiger partial charge in [0.1, 0.15) is 0 Å². The van der Waals surface area contributed by atoms with Gasteiger partial charge in [-0.15, -0.1) is 0 Å². The van der Waals surface area contributed by atoms with Gasteiger partial charge in [-0.25, -0.2) is 0 Å². The number of carbonyl (C=O) groups excluding carboxylic acids is 1. The molecule has 110 valence electrons. The van der Waals surface area contributed by atoms with Crippen LogP contribution in [-0.2, 0) is 4.79 Å². The molecule has 2 N–H and O–H groups in total. The molecule has 0 saturated heterocycles. The molecule has 2 unspecified atom stereocenters. The maximum Gasteiger partial charge on any atom is 0.237 e. The molecule has 0 radical (unpaired) electrons. The number of hydrogen-bond donors (Lipinski definition) is 2. The van der Waals surface area contributed by atoms with E-state index in [-0.39, 0.29) is 18.0 Å². The number of benzene rings is 1. The first-order valence-electron chi connectivity index (χ1n) is 7.52. The van der Waals surface area contributed by atoms with Crippen molar-refractivity contribution < 1.29 is 4.79 Å². The summed E-state index contributed by atoms with van der Waals surface area (Å²) < 4.78 is 0. The standard InChI is InChI=1S/C17H26N2O/c1-10-8-12(3)16(9-11(10)2)13(4)18-14(5)17(20)19-15-6-7-15/h8-9,13-15,18H,6-7H2,1-5H3,(H,19,20). The second-order valence-electron chi connectivity index (χ2n) is 6.19. The van der Waals surface area contributed by atoms with Crippen LogP contribution in [0.25, 0.3) is 0 Å². The van der Waals surface area contributed by atoms with Crippen LogP contribution in [0.2, 0.25) is 0 Å². The largest absolute Gasteiger partial charge is 0.352 e. The summed E-state index contributed by atoms with van der Waals surface area (Å²) in [5, 5.41) is 6.45. The minimum atomic E-state index is -0.161. The van der Waals surface area contributed by atoms with Crippen molar-refractivity contribution in [2.24, 2.45) is 0 Å². The zero-order valence-corrected chi connectivity index (χ0v) is 13.2. The molecule has 1 saturated carbocycles. The van der Waals surface area contributed by atoms with E-state index in [0.29, 0.717) is 6.04 Å². The van der Waals surface area contributed by atoms with Crippen LogP contribution in [0.1, 0.15) is 55.0 Å². The molecular formula is C17H26N2O. The molecule has 3 nitrogen and oxygen atoms in total. The first-order chi connectivity index (χ1) is 9.38. The van der Waals surface area contributed by atoms with Crippen LogP contribution in [0.4, 0.5) is 0 Å². The van der Waals surface area contributed by atoms with E-state index >= 15 is 0 Å². The zero-order valence-electron chi connectivity index (χ0n) is 13.2. The van der Waals surface area contributed by atoms with Crippen molar-refractivity contribution in [2.75, 3.05) is 0 Å². The molecule has 1 aromatic carbocycles. The fourth-order valence-corrected chi connectivity index (χ4v) is 2.54. The maximum atomic E-state index is 12.0. The van der Waals surface area contributed by atoms with Crippen LogP contribution in [-0.4, -0.2) is 18.0 Å². The summed E-state index contributed by atoms with van der Waals surface area (Å²) in [4.78, 5) is 12.0. The summed E-state index contributed by atoms with van der Waals surface area (Å²) in [6.07, 6.45) is 2.26. The third kappa shape index (κ3) is 3.60. The van der Waals surface area contributed by atoms with Crippen molar-refractivity contribution in [3.8, 4) is 0 Å². The van der Waals surface area contributed by atoms with Gasteiger partial charge in [-0.2, -0.15) is 0 Å². The SMILES string of the molecule is Cc1cc(C)c(C(C)NC(C)C(=O)NC2CC2)cc1C. The van der Waals surface area contributed by atoms with Gasteiger partial charge in [0.2, 0.25) is 5.91 Å². The minimum Gasteiger partial charge on any atom is -0.352 e. The van der Waals surface area contributed by atoms with Crippen LogP contribution >= 0.6 is 0 Å². The summed E-state index contributed by atoms with van der Waals surface area (Å²) in [5.74, 6) is 0.112. The molecule has 0 bridgehead atoms. The highest BCUT2D eigenvalue weighted by Gasteiger charge is 2.26. The molecule has 2 atom stereocenters. The first-order valence-corrected chi connectivity index (χ1v) is 7.52. The van der Waals surface area contributed by atoms with Crippen molar-refractivity contribution >= 4 is 5.91 Å². The normalized spacial score (nSPS) is 17.6. The molecule has 1 aliphatic carbocycles. The number of amides is 1. The van der Waals surface area contributed by atoms with E-state index in [4.69, 9.17) is 0 Å². The predicted octanol–water partition coefficient (Wildman–Crippen LogP) is 2.93.